The van der Waals surface area contributed by atoms with Crippen LogP contribution in [-0.4, -0.2) is 32.1 Å². The van der Waals surface area contributed by atoms with Gasteiger partial charge >= 0.3 is 0 Å². The van der Waals surface area contributed by atoms with E-state index in [-0.39, 0.29) is 11.7 Å². The van der Waals surface area contributed by atoms with E-state index < -0.39 is 11.8 Å². The lowest BCUT2D eigenvalue weighted by Crippen LogP contribution is -2.41. The lowest BCUT2D eigenvalue weighted by atomic mass is 10.2. The highest BCUT2D eigenvalue weighted by molar-refractivity contribution is 6.30. The number of halogens is 1. The molecule has 2 aromatic rings. The molecule has 7 nitrogen and oxygen atoms in total. The van der Waals surface area contributed by atoms with Crippen LogP contribution in [0.3, 0.4) is 0 Å². The van der Waals surface area contributed by atoms with E-state index in [9.17, 15) is 9.59 Å². The average Bonchev–Trinajstić information content (AvgIpc) is 3.25. The minimum atomic E-state index is -0.528. The van der Waals surface area contributed by atoms with Gasteiger partial charge in [-0.15, -0.1) is 0 Å². The third-order valence-electron chi connectivity index (χ3n) is 4.72. The van der Waals surface area contributed by atoms with Crippen LogP contribution < -0.4 is 25.1 Å². The molecule has 0 bridgehead atoms. The summed E-state index contributed by atoms with van der Waals surface area (Å²) in [6, 6.07) is 9.50. The van der Waals surface area contributed by atoms with Crippen molar-refractivity contribution in [3.8, 4) is 17.2 Å². The van der Waals surface area contributed by atoms with Crippen molar-refractivity contribution in [3.63, 3.8) is 0 Å². The summed E-state index contributed by atoms with van der Waals surface area (Å²) < 4.78 is 16.5. The molecular weight excluding hydrogens is 396 g/mol. The zero-order valence-electron chi connectivity index (χ0n) is 16.3. The van der Waals surface area contributed by atoms with Crippen LogP contribution in [0.5, 0.6) is 17.2 Å². The predicted octanol–water partition coefficient (Wildman–Crippen LogP) is 3.75. The molecule has 1 aliphatic rings. The van der Waals surface area contributed by atoms with E-state index in [1.165, 1.54) is 26.4 Å². The molecular formula is C21H23ClN2O5. The molecule has 0 unspecified atom stereocenters. The number of hydrogen-bond acceptors (Lipinski definition) is 5. The summed E-state index contributed by atoms with van der Waals surface area (Å²) >= 11 is 5.90. The second-order valence-corrected chi connectivity index (χ2v) is 7.08. The van der Waals surface area contributed by atoms with Gasteiger partial charge in [0.15, 0.2) is 11.5 Å². The Morgan fingerprint density at radius 2 is 1.59 bits per heavy atom. The maximum atomic E-state index is 12.4. The summed E-state index contributed by atoms with van der Waals surface area (Å²) in [5.41, 5.74) is 5.32. The Balaban J connectivity index is 1.65. The minimum absolute atomic E-state index is 0.178. The SMILES string of the molecule is COc1cc(C(=O)NNC(=O)c2ccc(Cl)cc2OC)ccc1OC1CCCC1. The Morgan fingerprint density at radius 1 is 0.897 bits per heavy atom. The van der Waals surface area contributed by atoms with Crippen molar-refractivity contribution in [2.24, 2.45) is 0 Å². The molecule has 8 heteroatoms. The topological polar surface area (TPSA) is 85.9 Å². The predicted molar refractivity (Wildman–Crippen MR) is 109 cm³/mol. The second-order valence-electron chi connectivity index (χ2n) is 6.64. The lowest BCUT2D eigenvalue weighted by molar-refractivity contribution is 0.0844. The molecule has 0 radical (unpaired) electrons. The smallest absolute Gasteiger partial charge is 0.273 e. The van der Waals surface area contributed by atoms with E-state index in [2.05, 4.69) is 10.9 Å². The average molecular weight is 419 g/mol. The number of carbonyl (C=O) groups excluding carboxylic acids is 2. The van der Waals surface area contributed by atoms with E-state index >= 15 is 0 Å². The second kappa shape index (κ2) is 9.52. The van der Waals surface area contributed by atoms with Crippen LogP contribution in [0, 0.1) is 0 Å². The molecule has 0 spiro atoms. The van der Waals surface area contributed by atoms with E-state index in [0.717, 1.165) is 25.7 Å². The quantitative estimate of drug-likeness (QED) is 0.698. The van der Waals surface area contributed by atoms with Crippen molar-refractivity contribution >= 4 is 23.4 Å². The summed E-state index contributed by atoms with van der Waals surface area (Å²) in [4.78, 5) is 24.8. The van der Waals surface area contributed by atoms with Crippen molar-refractivity contribution in [1.82, 2.24) is 10.9 Å². The first-order valence-electron chi connectivity index (χ1n) is 9.30. The highest BCUT2D eigenvalue weighted by atomic mass is 35.5. The van der Waals surface area contributed by atoms with Gasteiger partial charge in [0.2, 0.25) is 0 Å². The van der Waals surface area contributed by atoms with Crippen molar-refractivity contribution < 1.29 is 23.8 Å². The number of methoxy groups -OCH3 is 2. The van der Waals surface area contributed by atoms with E-state index in [4.69, 9.17) is 25.8 Å². The summed E-state index contributed by atoms with van der Waals surface area (Å²) in [5, 5.41) is 0.439. The maximum absolute atomic E-state index is 12.4. The zero-order valence-corrected chi connectivity index (χ0v) is 17.0. The molecule has 2 N–H and O–H groups in total. The number of carbonyl (C=O) groups is 2. The van der Waals surface area contributed by atoms with Gasteiger partial charge in [-0.05, 0) is 62.1 Å². The molecule has 0 saturated heterocycles. The summed E-state index contributed by atoms with van der Waals surface area (Å²) in [6.45, 7) is 0. The van der Waals surface area contributed by atoms with Crippen molar-refractivity contribution in [1.29, 1.82) is 0 Å². The zero-order chi connectivity index (χ0) is 20.8. The fourth-order valence-electron chi connectivity index (χ4n) is 3.20. The molecule has 1 saturated carbocycles. The first kappa shape index (κ1) is 20.8. The van der Waals surface area contributed by atoms with Gasteiger partial charge in [-0.3, -0.25) is 20.4 Å². The fraction of sp³-hybridized carbons (Fsp3) is 0.333. The van der Waals surface area contributed by atoms with E-state index in [0.29, 0.717) is 27.8 Å². The van der Waals surface area contributed by atoms with Crippen molar-refractivity contribution in [2.75, 3.05) is 14.2 Å². The molecule has 0 aliphatic heterocycles. The number of hydrogen-bond donors (Lipinski definition) is 2. The standard InChI is InChI=1S/C21H23ClN2O5/c1-27-18-12-14(22)8-9-16(18)21(26)24-23-20(25)13-7-10-17(19(11-13)28-2)29-15-5-3-4-6-15/h7-12,15H,3-6H2,1-2H3,(H,23,25)(H,24,26). The minimum Gasteiger partial charge on any atom is -0.496 e. The van der Waals surface area contributed by atoms with Gasteiger partial charge in [-0.1, -0.05) is 11.6 Å². The lowest BCUT2D eigenvalue weighted by Gasteiger charge is -2.16. The molecule has 2 amide bonds. The first-order valence-corrected chi connectivity index (χ1v) is 9.68. The molecule has 0 atom stereocenters. The van der Waals surface area contributed by atoms with Gasteiger partial charge in [-0.25, -0.2) is 0 Å². The van der Waals surface area contributed by atoms with Crippen molar-refractivity contribution in [3.05, 3.63) is 52.5 Å². The summed E-state index contributed by atoms with van der Waals surface area (Å²) in [7, 11) is 2.95. The van der Waals surface area contributed by atoms with Gasteiger partial charge in [0.05, 0.1) is 25.9 Å². The Kier molecular flexibility index (Phi) is 6.82. The Hall–Kier alpha value is -2.93. The first-order chi connectivity index (χ1) is 14.0. The highest BCUT2D eigenvalue weighted by Crippen LogP contribution is 2.32. The van der Waals surface area contributed by atoms with Crippen LogP contribution in [0.25, 0.3) is 0 Å². The van der Waals surface area contributed by atoms with E-state index in [1.807, 2.05) is 0 Å². The van der Waals surface area contributed by atoms with Gasteiger partial charge in [-0.2, -0.15) is 0 Å². The number of benzene rings is 2. The van der Waals surface area contributed by atoms with Crippen molar-refractivity contribution in [2.45, 2.75) is 31.8 Å². The number of nitrogens with one attached hydrogen (secondary N) is 2. The molecule has 1 fully saturated rings. The molecule has 29 heavy (non-hydrogen) atoms. The molecule has 154 valence electrons. The van der Waals surface area contributed by atoms with Crippen LogP contribution in [0.1, 0.15) is 46.4 Å². The fourth-order valence-corrected chi connectivity index (χ4v) is 3.36. The molecule has 2 aromatic carbocycles. The molecule has 0 aromatic heterocycles. The van der Waals surface area contributed by atoms with Gasteiger partial charge in [0.1, 0.15) is 5.75 Å². The number of rotatable bonds is 6. The number of amides is 2. The van der Waals surface area contributed by atoms with Gasteiger partial charge in [0.25, 0.3) is 11.8 Å². The number of hydrazine groups is 1. The van der Waals surface area contributed by atoms with Gasteiger partial charge < -0.3 is 14.2 Å². The maximum Gasteiger partial charge on any atom is 0.273 e. The van der Waals surface area contributed by atoms with Crippen LogP contribution in [0.15, 0.2) is 36.4 Å². The molecule has 3 rings (SSSR count). The summed E-state index contributed by atoms with van der Waals surface area (Å²) in [6.07, 6.45) is 4.53. The Bertz CT molecular complexity index is 897. The Labute approximate surface area is 174 Å². The highest BCUT2D eigenvalue weighted by Gasteiger charge is 2.20. The largest absolute Gasteiger partial charge is 0.496 e. The normalized spacial score (nSPS) is 13.6. The third kappa shape index (κ3) is 5.12. The monoisotopic (exact) mass is 418 g/mol. The Morgan fingerprint density at radius 3 is 2.28 bits per heavy atom. The van der Waals surface area contributed by atoms with Crippen LogP contribution >= 0.6 is 11.6 Å². The third-order valence-corrected chi connectivity index (χ3v) is 4.95. The molecule has 1 aliphatic carbocycles. The molecule has 0 heterocycles. The summed E-state index contributed by atoms with van der Waals surface area (Å²) in [5.74, 6) is 0.359. The van der Waals surface area contributed by atoms with E-state index in [1.54, 1.807) is 24.3 Å². The van der Waals surface area contributed by atoms with Crippen LogP contribution in [-0.2, 0) is 0 Å². The van der Waals surface area contributed by atoms with Gasteiger partial charge in [0, 0.05) is 10.6 Å². The van der Waals surface area contributed by atoms with Crippen LogP contribution in [0.2, 0.25) is 5.02 Å². The number of ether oxygens (including phenoxy) is 3. The van der Waals surface area contributed by atoms with Crippen LogP contribution in [0.4, 0.5) is 0 Å².